The van der Waals surface area contributed by atoms with E-state index < -0.39 is 0 Å². The lowest BCUT2D eigenvalue weighted by Gasteiger charge is -2.01. The second kappa shape index (κ2) is 6.27. The van der Waals surface area contributed by atoms with Gasteiger partial charge >= 0.3 is 0 Å². The Hall–Kier alpha value is -3.21. The van der Waals surface area contributed by atoms with Gasteiger partial charge in [0.05, 0.1) is 17.2 Å². The Kier molecular flexibility index (Phi) is 4.01. The molecule has 1 heterocycles. The topological polar surface area (TPSA) is 71.7 Å². The highest BCUT2D eigenvalue weighted by Crippen LogP contribution is 2.09. The number of nitrogens with one attached hydrogen (secondary N) is 1. The van der Waals surface area contributed by atoms with E-state index in [1.165, 1.54) is 12.5 Å². The minimum atomic E-state index is -0.338. The molecule has 1 amide bonds. The van der Waals surface area contributed by atoms with Crippen LogP contribution in [0.5, 0.6) is 0 Å². The van der Waals surface area contributed by atoms with Crippen LogP contribution in [0.25, 0.3) is 11.0 Å². The van der Waals surface area contributed by atoms with Crippen molar-refractivity contribution in [3.8, 4) is 0 Å². The third-order valence-electron chi connectivity index (χ3n) is 3.36. The number of rotatable bonds is 3. The van der Waals surface area contributed by atoms with Crippen LogP contribution in [0.1, 0.15) is 21.5 Å². The maximum atomic E-state index is 12.3. The van der Waals surface area contributed by atoms with Crippen LogP contribution in [0.4, 0.5) is 0 Å². The Morgan fingerprint density at radius 1 is 1.17 bits per heavy atom. The number of aryl methyl sites for hydroxylation is 1. The smallest absolute Gasteiger partial charge is 0.271 e. The van der Waals surface area contributed by atoms with Crippen molar-refractivity contribution in [2.45, 2.75) is 6.92 Å². The zero-order chi connectivity index (χ0) is 16.2. The zero-order valence-corrected chi connectivity index (χ0v) is 12.4. The molecule has 1 aromatic heterocycles. The van der Waals surface area contributed by atoms with Crippen molar-refractivity contribution in [3.63, 3.8) is 0 Å². The molecule has 0 unspecified atom stereocenters. The molecule has 1 N–H and O–H groups in total. The number of amides is 1. The van der Waals surface area contributed by atoms with Gasteiger partial charge in [-0.1, -0.05) is 29.8 Å². The van der Waals surface area contributed by atoms with Gasteiger partial charge < -0.3 is 4.42 Å². The molecule has 0 aliphatic heterocycles. The van der Waals surface area contributed by atoms with E-state index in [1.54, 1.807) is 42.5 Å². The van der Waals surface area contributed by atoms with E-state index >= 15 is 0 Å². The van der Waals surface area contributed by atoms with Gasteiger partial charge in [-0.2, -0.15) is 5.10 Å². The number of carbonyl (C=O) groups is 1. The molecule has 2 aromatic carbocycles. The minimum absolute atomic E-state index is 0.194. The van der Waals surface area contributed by atoms with Crippen LogP contribution in [-0.2, 0) is 0 Å². The summed E-state index contributed by atoms with van der Waals surface area (Å²) in [7, 11) is 0. The Bertz CT molecular complexity index is 958. The Balaban J connectivity index is 1.79. The fourth-order valence-corrected chi connectivity index (χ4v) is 2.19. The molecule has 0 atom stereocenters. The summed E-state index contributed by atoms with van der Waals surface area (Å²) in [4.78, 5) is 24.2. The molecule has 3 aromatic rings. The molecule has 0 aliphatic rings. The summed E-state index contributed by atoms with van der Waals surface area (Å²) in [6, 6.07) is 14.1. The third-order valence-corrected chi connectivity index (χ3v) is 3.36. The average molecular weight is 306 g/mol. The van der Waals surface area contributed by atoms with Crippen LogP contribution in [0, 0.1) is 6.92 Å². The Morgan fingerprint density at radius 3 is 2.83 bits per heavy atom. The Morgan fingerprint density at radius 2 is 2.00 bits per heavy atom. The number of nitrogens with zero attached hydrogens (tertiary/aromatic N) is 1. The second-order valence-electron chi connectivity index (χ2n) is 5.08. The van der Waals surface area contributed by atoms with E-state index in [4.69, 9.17) is 4.42 Å². The molecular weight excluding hydrogens is 292 g/mol. The summed E-state index contributed by atoms with van der Waals surface area (Å²) in [5, 5.41) is 4.30. The normalized spacial score (nSPS) is 11.0. The zero-order valence-electron chi connectivity index (χ0n) is 12.4. The fourth-order valence-electron chi connectivity index (χ4n) is 2.19. The first kappa shape index (κ1) is 14.7. The average Bonchev–Trinajstić information content (AvgIpc) is 2.57. The number of hydrogen-bond donors (Lipinski definition) is 1. The van der Waals surface area contributed by atoms with Crippen LogP contribution >= 0.6 is 0 Å². The van der Waals surface area contributed by atoms with Crippen molar-refractivity contribution in [2.24, 2.45) is 5.10 Å². The van der Waals surface area contributed by atoms with Gasteiger partial charge in [-0.3, -0.25) is 9.59 Å². The largest absolute Gasteiger partial charge is 0.463 e. The van der Waals surface area contributed by atoms with Gasteiger partial charge in [-0.05, 0) is 31.2 Å². The van der Waals surface area contributed by atoms with Gasteiger partial charge in [0.1, 0.15) is 11.8 Å². The first-order chi connectivity index (χ1) is 11.1. The molecule has 23 heavy (non-hydrogen) atoms. The molecule has 0 fully saturated rings. The van der Waals surface area contributed by atoms with Gasteiger partial charge in [0, 0.05) is 5.56 Å². The third kappa shape index (κ3) is 3.18. The molecule has 3 rings (SSSR count). The van der Waals surface area contributed by atoms with Gasteiger partial charge in [-0.15, -0.1) is 0 Å². The molecule has 5 nitrogen and oxygen atoms in total. The summed E-state index contributed by atoms with van der Waals surface area (Å²) in [5.74, 6) is -0.338. The van der Waals surface area contributed by atoms with Crippen molar-refractivity contribution >= 4 is 23.1 Å². The molecule has 0 bridgehead atoms. The first-order valence-corrected chi connectivity index (χ1v) is 7.06. The highest BCUT2D eigenvalue weighted by Gasteiger charge is 2.06. The molecule has 0 saturated heterocycles. The van der Waals surface area contributed by atoms with Crippen LogP contribution < -0.4 is 10.9 Å². The summed E-state index contributed by atoms with van der Waals surface area (Å²) < 4.78 is 5.38. The summed E-state index contributed by atoms with van der Waals surface area (Å²) in [5.41, 5.74) is 4.48. The highest BCUT2D eigenvalue weighted by atomic mass is 16.3. The van der Waals surface area contributed by atoms with Crippen molar-refractivity contribution < 1.29 is 9.21 Å². The van der Waals surface area contributed by atoms with Gasteiger partial charge in [0.2, 0.25) is 5.43 Å². The van der Waals surface area contributed by atoms with Crippen LogP contribution in [-0.4, -0.2) is 12.1 Å². The molecule has 0 radical (unpaired) electrons. The highest BCUT2D eigenvalue weighted by molar-refractivity contribution is 5.95. The van der Waals surface area contributed by atoms with Gasteiger partial charge in [0.25, 0.3) is 5.91 Å². The lowest BCUT2D eigenvalue weighted by atomic mass is 10.1. The monoisotopic (exact) mass is 306 g/mol. The Labute approximate surface area is 132 Å². The summed E-state index contributed by atoms with van der Waals surface area (Å²) in [6.07, 6.45) is 2.61. The second-order valence-corrected chi connectivity index (χ2v) is 5.08. The lowest BCUT2D eigenvalue weighted by Crippen LogP contribution is -2.18. The number of carbonyl (C=O) groups excluding carboxylic acids is 1. The predicted molar refractivity (Wildman–Crippen MR) is 88.7 cm³/mol. The summed E-state index contributed by atoms with van der Waals surface area (Å²) in [6.45, 7) is 1.90. The van der Waals surface area contributed by atoms with Crippen LogP contribution in [0.2, 0.25) is 0 Å². The predicted octanol–water partition coefficient (Wildman–Crippen LogP) is 2.87. The molecule has 0 aliphatic carbocycles. The number of benzene rings is 2. The minimum Gasteiger partial charge on any atom is -0.463 e. The van der Waals surface area contributed by atoms with E-state index in [9.17, 15) is 9.59 Å². The maximum Gasteiger partial charge on any atom is 0.271 e. The van der Waals surface area contributed by atoms with Crippen molar-refractivity contribution in [3.05, 3.63) is 81.7 Å². The SMILES string of the molecule is Cc1cccc(C(=O)N/N=C\c2coc3ccccc3c2=O)c1. The number of para-hydroxylation sites is 1. The van der Waals surface area contributed by atoms with Crippen molar-refractivity contribution in [1.29, 1.82) is 0 Å². The van der Waals surface area contributed by atoms with Crippen molar-refractivity contribution in [1.82, 2.24) is 5.43 Å². The molecule has 0 saturated carbocycles. The van der Waals surface area contributed by atoms with E-state index in [0.29, 0.717) is 16.5 Å². The first-order valence-electron chi connectivity index (χ1n) is 7.06. The van der Waals surface area contributed by atoms with E-state index in [0.717, 1.165) is 5.56 Å². The summed E-state index contributed by atoms with van der Waals surface area (Å²) >= 11 is 0. The van der Waals surface area contributed by atoms with E-state index in [1.807, 2.05) is 13.0 Å². The molecule has 0 spiro atoms. The fraction of sp³-hybridized carbons (Fsp3) is 0.0556. The van der Waals surface area contributed by atoms with Crippen LogP contribution in [0.15, 0.2) is 69.1 Å². The van der Waals surface area contributed by atoms with E-state index in [2.05, 4.69) is 10.5 Å². The number of hydrazone groups is 1. The lowest BCUT2D eigenvalue weighted by molar-refractivity contribution is 0.0955. The molecule has 5 heteroatoms. The molecular formula is C18H14N2O3. The van der Waals surface area contributed by atoms with E-state index in [-0.39, 0.29) is 16.9 Å². The number of hydrogen-bond acceptors (Lipinski definition) is 4. The number of fused-ring (bicyclic) bond motifs is 1. The quantitative estimate of drug-likeness (QED) is 0.597. The van der Waals surface area contributed by atoms with Gasteiger partial charge in [0.15, 0.2) is 0 Å². The maximum absolute atomic E-state index is 12.3. The molecule has 114 valence electrons. The standard InChI is InChI=1S/C18H14N2O3/c1-12-5-4-6-13(9-12)18(22)20-19-10-14-11-23-16-8-3-2-7-15(16)17(14)21/h2-11H,1H3,(H,20,22)/b19-10-. The van der Waals surface area contributed by atoms with Crippen molar-refractivity contribution in [2.75, 3.05) is 0 Å². The van der Waals surface area contributed by atoms with Gasteiger partial charge in [-0.25, -0.2) is 5.43 Å². The van der Waals surface area contributed by atoms with Crippen LogP contribution in [0.3, 0.4) is 0 Å².